The lowest BCUT2D eigenvalue weighted by atomic mass is 9.87. The van der Waals surface area contributed by atoms with E-state index in [4.69, 9.17) is 0 Å². The Kier molecular flexibility index (Phi) is 7.78. The van der Waals surface area contributed by atoms with Crippen LogP contribution in [0, 0.1) is 18.8 Å². The number of sulfonamides is 1. The van der Waals surface area contributed by atoms with Gasteiger partial charge < -0.3 is 5.11 Å². The molecule has 0 saturated heterocycles. The van der Waals surface area contributed by atoms with Gasteiger partial charge in [-0.15, -0.1) is 0 Å². The highest BCUT2D eigenvalue weighted by atomic mass is 32.2. The number of benzene rings is 2. The molecule has 5 nitrogen and oxygen atoms in total. The predicted octanol–water partition coefficient (Wildman–Crippen LogP) is 5.37. The Morgan fingerprint density at radius 2 is 1.88 bits per heavy atom. The molecule has 1 unspecified atom stereocenters. The summed E-state index contributed by atoms with van der Waals surface area (Å²) in [5, 5.41) is 9.43. The van der Waals surface area contributed by atoms with Gasteiger partial charge in [-0.1, -0.05) is 63.6 Å². The minimum atomic E-state index is -3.60. The third-order valence-electron chi connectivity index (χ3n) is 6.38. The van der Waals surface area contributed by atoms with Gasteiger partial charge in [0, 0.05) is 13.1 Å². The number of carboxylic acids is 1. The van der Waals surface area contributed by atoms with Crippen molar-refractivity contribution >= 4 is 16.0 Å². The number of hydrogen-bond donors (Lipinski definition) is 1. The Morgan fingerprint density at radius 3 is 2.56 bits per heavy atom. The molecular formula is C26H35NO4S. The van der Waals surface area contributed by atoms with Crippen molar-refractivity contribution in [1.82, 2.24) is 4.31 Å². The van der Waals surface area contributed by atoms with E-state index in [-0.39, 0.29) is 18.3 Å². The van der Waals surface area contributed by atoms with Gasteiger partial charge in [-0.3, -0.25) is 4.79 Å². The smallest absolute Gasteiger partial charge is 0.303 e. The van der Waals surface area contributed by atoms with Gasteiger partial charge in [-0.25, -0.2) is 8.42 Å². The number of nitrogens with zero attached hydrogens (tertiary/aromatic N) is 1. The lowest BCUT2D eigenvalue weighted by Crippen LogP contribution is -2.33. The van der Waals surface area contributed by atoms with Crippen LogP contribution in [0.1, 0.15) is 68.2 Å². The number of aliphatic carboxylic acids is 1. The third-order valence-corrected chi connectivity index (χ3v) is 8.29. The van der Waals surface area contributed by atoms with Crippen LogP contribution in [0.3, 0.4) is 0 Å². The normalized spacial score (nSPS) is 19.3. The molecule has 1 heterocycles. The lowest BCUT2D eigenvalue weighted by Gasteiger charge is -2.24. The van der Waals surface area contributed by atoms with Crippen LogP contribution >= 0.6 is 0 Å². The molecule has 1 aliphatic rings. The minimum Gasteiger partial charge on any atom is -0.481 e. The van der Waals surface area contributed by atoms with E-state index in [9.17, 15) is 18.3 Å². The Balaban J connectivity index is 1.93. The van der Waals surface area contributed by atoms with Gasteiger partial charge in [0.25, 0.3) is 0 Å². The Morgan fingerprint density at radius 1 is 1.16 bits per heavy atom. The molecule has 32 heavy (non-hydrogen) atoms. The number of carboxylic acid groups (broad SMARTS) is 1. The van der Waals surface area contributed by atoms with E-state index in [0.29, 0.717) is 23.9 Å². The van der Waals surface area contributed by atoms with Crippen LogP contribution in [0.2, 0.25) is 0 Å². The number of hydrogen-bond acceptors (Lipinski definition) is 3. The summed E-state index contributed by atoms with van der Waals surface area (Å²) in [6, 6.07) is 13.3. The Labute approximate surface area is 192 Å². The highest BCUT2D eigenvalue weighted by Gasteiger charge is 2.32. The van der Waals surface area contributed by atoms with Gasteiger partial charge >= 0.3 is 5.97 Å². The molecule has 6 heteroatoms. The summed E-state index contributed by atoms with van der Waals surface area (Å²) >= 11 is 0. The molecule has 0 radical (unpaired) electrons. The summed E-state index contributed by atoms with van der Waals surface area (Å²) < 4.78 is 28.5. The van der Waals surface area contributed by atoms with Crippen molar-refractivity contribution in [2.75, 3.05) is 6.54 Å². The van der Waals surface area contributed by atoms with E-state index in [0.717, 1.165) is 41.5 Å². The topological polar surface area (TPSA) is 74.7 Å². The van der Waals surface area contributed by atoms with E-state index in [1.807, 2.05) is 37.3 Å². The molecule has 1 N–H and O–H groups in total. The Hall–Kier alpha value is -2.18. The van der Waals surface area contributed by atoms with Crippen molar-refractivity contribution in [3.63, 3.8) is 0 Å². The highest BCUT2D eigenvalue weighted by Crippen LogP contribution is 2.32. The quantitative estimate of drug-likeness (QED) is 0.578. The summed E-state index contributed by atoms with van der Waals surface area (Å²) in [6.07, 6.45) is 2.58. The minimum absolute atomic E-state index is 0.0744. The first kappa shape index (κ1) is 24.5. The van der Waals surface area contributed by atoms with Crippen molar-refractivity contribution in [1.29, 1.82) is 0 Å². The molecular weight excluding hydrogens is 422 g/mol. The van der Waals surface area contributed by atoms with Crippen LogP contribution in [0.15, 0.2) is 47.4 Å². The summed E-state index contributed by atoms with van der Waals surface area (Å²) in [5.74, 6) is -0.168. The van der Waals surface area contributed by atoms with Crippen LogP contribution < -0.4 is 0 Å². The number of carbonyl (C=O) groups is 1. The lowest BCUT2D eigenvalue weighted by molar-refractivity contribution is -0.137. The molecule has 0 aliphatic carbocycles. The van der Waals surface area contributed by atoms with Crippen molar-refractivity contribution in [3.8, 4) is 0 Å². The van der Waals surface area contributed by atoms with Crippen molar-refractivity contribution in [3.05, 3.63) is 64.7 Å². The summed E-state index contributed by atoms with van der Waals surface area (Å²) in [6.45, 7) is 9.12. The molecule has 0 aromatic heterocycles. The number of aryl methyl sites for hydroxylation is 1. The van der Waals surface area contributed by atoms with Gasteiger partial charge in [0.15, 0.2) is 0 Å². The van der Waals surface area contributed by atoms with E-state index in [1.165, 1.54) is 0 Å². The molecule has 174 valence electrons. The average molecular weight is 458 g/mol. The van der Waals surface area contributed by atoms with Gasteiger partial charge in [-0.2, -0.15) is 4.31 Å². The maximum absolute atomic E-state index is 13.5. The fourth-order valence-electron chi connectivity index (χ4n) is 4.54. The molecule has 2 aromatic rings. The monoisotopic (exact) mass is 457 g/mol. The highest BCUT2D eigenvalue weighted by molar-refractivity contribution is 7.89. The standard InChI is InChI=1S/C26H35NO4S/c1-18(2)9-11-22(15-26(28)29)21-12-10-20(4)24(14-21)17-27-16-19(3)13-23-7-5-6-8-25(23)32(27,30)31/h5-8,10,12,14,18-19,22H,9,11,13,15-17H2,1-4H3,(H,28,29)/t19-,22?/m0/s1. The summed E-state index contributed by atoms with van der Waals surface area (Å²) in [4.78, 5) is 11.9. The zero-order valence-electron chi connectivity index (χ0n) is 19.5. The van der Waals surface area contributed by atoms with Crippen LogP contribution in [-0.2, 0) is 27.8 Å². The number of fused-ring (bicyclic) bond motifs is 1. The number of rotatable bonds is 8. The maximum Gasteiger partial charge on any atom is 0.303 e. The molecule has 2 atom stereocenters. The van der Waals surface area contributed by atoms with E-state index in [1.54, 1.807) is 16.4 Å². The van der Waals surface area contributed by atoms with Gasteiger partial charge in [0.2, 0.25) is 10.0 Å². The van der Waals surface area contributed by atoms with Crippen LogP contribution in [0.4, 0.5) is 0 Å². The average Bonchev–Trinajstić information content (AvgIpc) is 2.80. The van der Waals surface area contributed by atoms with Gasteiger partial charge in [-0.05, 0) is 65.8 Å². The Bertz CT molecular complexity index is 1060. The summed E-state index contributed by atoms with van der Waals surface area (Å²) in [7, 11) is -3.60. The van der Waals surface area contributed by atoms with Crippen molar-refractivity contribution in [2.45, 2.75) is 70.7 Å². The predicted molar refractivity (Wildman–Crippen MR) is 127 cm³/mol. The molecule has 0 spiro atoms. The first-order chi connectivity index (χ1) is 15.1. The second-order valence-corrected chi connectivity index (χ2v) is 11.6. The third kappa shape index (κ3) is 5.78. The van der Waals surface area contributed by atoms with E-state index >= 15 is 0 Å². The van der Waals surface area contributed by atoms with Crippen LogP contribution in [0.25, 0.3) is 0 Å². The van der Waals surface area contributed by atoms with E-state index in [2.05, 4.69) is 20.8 Å². The zero-order valence-corrected chi connectivity index (χ0v) is 20.4. The van der Waals surface area contributed by atoms with Crippen LogP contribution in [0.5, 0.6) is 0 Å². The van der Waals surface area contributed by atoms with E-state index < -0.39 is 16.0 Å². The second kappa shape index (κ2) is 10.2. The second-order valence-electron chi connectivity index (χ2n) is 9.67. The summed E-state index contributed by atoms with van der Waals surface area (Å²) in [5.41, 5.74) is 3.82. The van der Waals surface area contributed by atoms with Crippen molar-refractivity contribution in [2.24, 2.45) is 11.8 Å². The molecule has 3 rings (SSSR count). The molecule has 0 amide bonds. The maximum atomic E-state index is 13.5. The molecule has 0 fully saturated rings. The largest absolute Gasteiger partial charge is 0.481 e. The SMILES string of the molecule is Cc1ccc(C(CCC(C)C)CC(=O)O)cc1CN1C[C@@H](C)Cc2ccccc2S1(=O)=O. The first-order valence-corrected chi connectivity index (χ1v) is 12.9. The first-order valence-electron chi connectivity index (χ1n) is 11.5. The molecule has 2 aromatic carbocycles. The molecule has 0 saturated carbocycles. The van der Waals surface area contributed by atoms with Crippen molar-refractivity contribution < 1.29 is 18.3 Å². The van der Waals surface area contributed by atoms with Gasteiger partial charge in [0.05, 0.1) is 11.3 Å². The van der Waals surface area contributed by atoms with Crippen LogP contribution in [-0.4, -0.2) is 30.3 Å². The fraction of sp³-hybridized carbons (Fsp3) is 0.500. The zero-order chi connectivity index (χ0) is 23.5. The fourth-order valence-corrected chi connectivity index (χ4v) is 6.31. The van der Waals surface area contributed by atoms with Gasteiger partial charge in [0.1, 0.15) is 0 Å². The molecule has 0 bridgehead atoms. The molecule has 1 aliphatic heterocycles.